The average Bonchev–Trinajstić information content (AvgIpc) is 3.45. The molecule has 1 N–H and O–H groups in total. The number of H-pyrrole nitrogens is 1. The van der Waals surface area contributed by atoms with Gasteiger partial charge in [0.2, 0.25) is 0 Å². The molecule has 0 radical (unpaired) electrons. The summed E-state index contributed by atoms with van der Waals surface area (Å²) in [6.07, 6.45) is 0.700. The van der Waals surface area contributed by atoms with Gasteiger partial charge in [-0.15, -0.1) is 5.10 Å². The van der Waals surface area contributed by atoms with Crippen LogP contribution in [0, 0.1) is 6.92 Å². The van der Waals surface area contributed by atoms with Gasteiger partial charge in [-0.2, -0.15) is 22.8 Å². The van der Waals surface area contributed by atoms with Crippen LogP contribution >= 0.6 is 0 Å². The molecule has 1 aromatic carbocycles. The number of aromatic nitrogens is 5. The van der Waals surface area contributed by atoms with Crippen LogP contribution < -0.4 is 10.5 Å². The standard InChI is InChI=1S/C23H23F3N6O2/c1-13-16(20-28-29-22(34-20)31(2)15-11-7-4-8-12-15)21(33)32-19(27-13)17(14-9-5-3-6-10-14)18(30-32)23(24,25)26/h3,5-6,9-10,15,27H,4,7-8,11-12H2,1-2H3. The van der Waals surface area contributed by atoms with E-state index in [4.69, 9.17) is 4.42 Å². The Morgan fingerprint density at radius 3 is 2.47 bits per heavy atom. The third kappa shape index (κ3) is 3.74. The molecule has 1 aliphatic carbocycles. The van der Waals surface area contributed by atoms with Crippen LogP contribution in [0.15, 0.2) is 39.5 Å². The van der Waals surface area contributed by atoms with E-state index in [1.807, 2.05) is 11.9 Å². The van der Waals surface area contributed by atoms with Crippen LogP contribution in [0.2, 0.25) is 0 Å². The number of nitrogens with zero attached hydrogens (tertiary/aromatic N) is 5. The Bertz CT molecular complexity index is 1380. The number of hydrogen-bond donors (Lipinski definition) is 1. The summed E-state index contributed by atoms with van der Waals surface area (Å²) in [5.74, 6) is -0.0661. The van der Waals surface area contributed by atoms with Crippen molar-refractivity contribution in [2.24, 2.45) is 0 Å². The third-order valence-corrected chi connectivity index (χ3v) is 6.36. The molecule has 5 rings (SSSR count). The van der Waals surface area contributed by atoms with E-state index in [9.17, 15) is 18.0 Å². The van der Waals surface area contributed by atoms with Gasteiger partial charge < -0.3 is 14.3 Å². The van der Waals surface area contributed by atoms with Crippen LogP contribution in [0.25, 0.3) is 28.2 Å². The molecule has 3 aromatic heterocycles. The zero-order valence-corrected chi connectivity index (χ0v) is 18.7. The lowest BCUT2D eigenvalue weighted by atomic mass is 9.95. The fraction of sp³-hybridized carbons (Fsp3) is 0.391. The lowest BCUT2D eigenvalue weighted by molar-refractivity contribution is -0.140. The number of hydrogen-bond acceptors (Lipinski definition) is 6. The summed E-state index contributed by atoms with van der Waals surface area (Å²) in [5, 5.41) is 11.8. The quantitative estimate of drug-likeness (QED) is 0.457. The number of aryl methyl sites for hydroxylation is 1. The SMILES string of the molecule is Cc1[nH]c2c(-c3ccccc3)c(C(F)(F)F)nn2c(=O)c1-c1nnc(N(C)C2CCCCC2)o1. The second-order valence-electron chi connectivity index (χ2n) is 8.57. The van der Waals surface area contributed by atoms with Gasteiger partial charge >= 0.3 is 12.2 Å². The minimum absolute atomic E-state index is 0.0147. The smallest absolute Gasteiger partial charge is 0.403 e. The molecule has 0 unspecified atom stereocenters. The summed E-state index contributed by atoms with van der Waals surface area (Å²) in [6, 6.07) is 8.56. The van der Waals surface area contributed by atoms with E-state index in [2.05, 4.69) is 20.3 Å². The maximum absolute atomic E-state index is 13.9. The van der Waals surface area contributed by atoms with Crippen molar-refractivity contribution >= 4 is 11.7 Å². The highest BCUT2D eigenvalue weighted by Gasteiger charge is 2.39. The predicted octanol–water partition coefficient (Wildman–Crippen LogP) is 4.84. The van der Waals surface area contributed by atoms with Crippen molar-refractivity contribution in [3.63, 3.8) is 0 Å². The number of halogens is 3. The molecule has 178 valence electrons. The minimum Gasteiger partial charge on any atom is -0.403 e. The minimum atomic E-state index is -4.76. The first kappa shape index (κ1) is 22.2. The molecule has 0 bridgehead atoms. The molecule has 1 saturated carbocycles. The van der Waals surface area contributed by atoms with Crippen molar-refractivity contribution in [3.05, 3.63) is 52.1 Å². The zero-order valence-electron chi connectivity index (χ0n) is 18.7. The Balaban J connectivity index is 1.63. The fourth-order valence-corrected chi connectivity index (χ4v) is 4.60. The van der Waals surface area contributed by atoms with Gasteiger partial charge in [-0.3, -0.25) is 4.79 Å². The summed E-state index contributed by atoms with van der Waals surface area (Å²) in [4.78, 5) is 18.1. The largest absolute Gasteiger partial charge is 0.435 e. The molecule has 0 amide bonds. The number of rotatable bonds is 4. The van der Waals surface area contributed by atoms with E-state index in [1.54, 1.807) is 37.3 Å². The van der Waals surface area contributed by atoms with E-state index < -0.39 is 17.4 Å². The Labute approximate surface area is 192 Å². The van der Waals surface area contributed by atoms with Crippen LogP contribution in [0.1, 0.15) is 43.5 Å². The van der Waals surface area contributed by atoms with Crippen molar-refractivity contribution in [2.75, 3.05) is 11.9 Å². The maximum atomic E-state index is 13.9. The van der Waals surface area contributed by atoms with Crippen molar-refractivity contribution in [1.82, 2.24) is 24.8 Å². The highest BCUT2D eigenvalue weighted by Crippen LogP contribution is 2.38. The molecule has 1 fully saturated rings. The fourth-order valence-electron chi connectivity index (χ4n) is 4.60. The third-order valence-electron chi connectivity index (χ3n) is 6.36. The van der Waals surface area contributed by atoms with Crippen molar-refractivity contribution in [2.45, 2.75) is 51.2 Å². The molecule has 0 aliphatic heterocycles. The number of anilines is 1. The summed E-state index contributed by atoms with van der Waals surface area (Å²) >= 11 is 0. The van der Waals surface area contributed by atoms with Crippen LogP contribution in [-0.4, -0.2) is 37.9 Å². The molecular weight excluding hydrogens is 449 g/mol. The van der Waals surface area contributed by atoms with Gasteiger partial charge in [0.05, 0.1) is 5.56 Å². The van der Waals surface area contributed by atoms with E-state index in [-0.39, 0.29) is 34.7 Å². The topological polar surface area (TPSA) is 92.3 Å². The first-order valence-corrected chi connectivity index (χ1v) is 11.1. The second kappa shape index (κ2) is 8.30. The highest BCUT2D eigenvalue weighted by molar-refractivity contribution is 5.81. The molecule has 34 heavy (non-hydrogen) atoms. The first-order valence-electron chi connectivity index (χ1n) is 11.1. The molecule has 0 spiro atoms. The monoisotopic (exact) mass is 472 g/mol. The Kier molecular flexibility index (Phi) is 5.41. The van der Waals surface area contributed by atoms with Gasteiger partial charge in [0, 0.05) is 18.8 Å². The molecule has 0 atom stereocenters. The number of alkyl halides is 3. The summed E-state index contributed by atoms with van der Waals surface area (Å²) in [5.41, 5.74) is -1.58. The predicted molar refractivity (Wildman–Crippen MR) is 120 cm³/mol. The highest BCUT2D eigenvalue weighted by atomic mass is 19.4. The van der Waals surface area contributed by atoms with Gasteiger partial charge in [0.25, 0.3) is 11.4 Å². The van der Waals surface area contributed by atoms with E-state index >= 15 is 0 Å². The Morgan fingerprint density at radius 2 is 1.79 bits per heavy atom. The number of fused-ring (bicyclic) bond motifs is 1. The molecule has 1 aliphatic rings. The van der Waals surface area contributed by atoms with Crippen LogP contribution in [0.5, 0.6) is 0 Å². The van der Waals surface area contributed by atoms with E-state index in [0.29, 0.717) is 11.3 Å². The van der Waals surface area contributed by atoms with Crippen LogP contribution in [-0.2, 0) is 6.18 Å². The van der Waals surface area contributed by atoms with Gasteiger partial charge in [0.1, 0.15) is 11.2 Å². The Hall–Kier alpha value is -3.63. The maximum Gasteiger partial charge on any atom is 0.435 e. The Morgan fingerprint density at radius 1 is 1.09 bits per heavy atom. The lowest BCUT2D eigenvalue weighted by Gasteiger charge is -2.29. The van der Waals surface area contributed by atoms with Crippen molar-refractivity contribution in [1.29, 1.82) is 0 Å². The summed E-state index contributed by atoms with van der Waals surface area (Å²) in [6.45, 7) is 1.58. The molecule has 4 aromatic rings. The number of aromatic amines is 1. The van der Waals surface area contributed by atoms with Crippen molar-refractivity contribution in [3.8, 4) is 22.6 Å². The molecule has 3 heterocycles. The van der Waals surface area contributed by atoms with E-state index in [0.717, 1.165) is 30.2 Å². The second-order valence-corrected chi connectivity index (χ2v) is 8.57. The van der Waals surface area contributed by atoms with Gasteiger partial charge in [0.15, 0.2) is 5.69 Å². The van der Waals surface area contributed by atoms with Crippen molar-refractivity contribution < 1.29 is 17.6 Å². The lowest BCUT2D eigenvalue weighted by Crippen LogP contribution is -2.33. The van der Waals surface area contributed by atoms with Gasteiger partial charge in [-0.25, -0.2) is 0 Å². The van der Waals surface area contributed by atoms with Crippen LogP contribution in [0.4, 0.5) is 19.2 Å². The summed E-state index contributed by atoms with van der Waals surface area (Å²) < 4.78 is 48.1. The molecule has 11 heteroatoms. The number of benzene rings is 1. The summed E-state index contributed by atoms with van der Waals surface area (Å²) in [7, 11) is 1.86. The number of nitrogens with one attached hydrogen (secondary N) is 1. The van der Waals surface area contributed by atoms with E-state index in [1.165, 1.54) is 6.42 Å². The van der Waals surface area contributed by atoms with Gasteiger partial charge in [-0.05, 0) is 25.3 Å². The first-order chi connectivity index (χ1) is 16.3. The molecular formula is C23H23F3N6O2. The molecule has 0 saturated heterocycles. The normalized spacial score (nSPS) is 15.2. The van der Waals surface area contributed by atoms with Crippen LogP contribution in [0.3, 0.4) is 0 Å². The average molecular weight is 472 g/mol. The van der Waals surface area contributed by atoms with Gasteiger partial charge in [-0.1, -0.05) is 54.7 Å². The zero-order chi connectivity index (χ0) is 24.0. The molecule has 8 nitrogen and oxygen atoms in total.